The van der Waals surface area contributed by atoms with Crippen LogP contribution in [0.2, 0.25) is 0 Å². The Morgan fingerprint density at radius 2 is 1.44 bits per heavy atom. The summed E-state index contributed by atoms with van der Waals surface area (Å²) in [7, 11) is 0. The standard InChI is InChI=1S/C23H15F6N5/c1-12-8-13(2-4-16(12)22(24,25)26)18-10-19(23(27,28)29)34-21(33-18)14-6-7-31-17(9-14)15-3-5-20(30)32-11-15/h2-11H,1H3,(H2,30,32). The number of anilines is 1. The fourth-order valence-corrected chi connectivity index (χ4v) is 3.29. The number of aryl methyl sites for hydroxylation is 1. The van der Waals surface area contributed by atoms with Gasteiger partial charge in [0.15, 0.2) is 5.82 Å². The van der Waals surface area contributed by atoms with E-state index in [1.807, 2.05) is 0 Å². The third-order valence-corrected chi connectivity index (χ3v) is 4.94. The van der Waals surface area contributed by atoms with Crippen molar-refractivity contribution in [3.05, 3.63) is 77.7 Å². The Morgan fingerprint density at radius 1 is 0.706 bits per heavy atom. The van der Waals surface area contributed by atoms with Gasteiger partial charge in [0.25, 0.3) is 0 Å². The Hall–Kier alpha value is -4.02. The fourth-order valence-electron chi connectivity index (χ4n) is 3.29. The van der Waals surface area contributed by atoms with E-state index in [4.69, 9.17) is 5.73 Å². The van der Waals surface area contributed by atoms with Crippen LogP contribution in [0.15, 0.2) is 60.9 Å². The average molecular weight is 475 g/mol. The average Bonchev–Trinajstić information content (AvgIpc) is 2.78. The molecule has 0 aliphatic rings. The maximum atomic E-state index is 13.6. The first kappa shape index (κ1) is 23.1. The van der Waals surface area contributed by atoms with Crippen LogP contribution in [0.4, 0.5) is 32.2 Å². The van der Waals surface area contributed by atoms with E-state index < -0.39 is 23.6 Å². The van der Waals surface area contributed by atoms with Gasteiger partial charge in [0, 0.05) is 29.1 Å². The van der Waals surface area contributed by atoms with Gasteiger partial charge in [-0.25, -0.2) is 15.0 Å². The first-order valence-electron chi connectivity index (χ1n) is 9.74. The van der Waals surface area contributed by atoms with Crippen LogP contribution in [0.25, 0.3) is 33.9 Å². The van der Waals surface area contributed by atoms with E-state index in [0.29, 0.717) is 17.3 Å². The van der Waals surface area contributed by atoms with Gasteiger partial charge < -0.3 is 5.73 Å². The predicted molar refractivity (Wildman–Crippen MR) is 113 cm³/mol. The molecule has 34 heavy (non-hydrogen) atoms. The first-order valence-corrected chi connectivity index (χ1v) is 9.74. The second-order valence-corrected chi connectivity index (χ2v) is 7.39. The highest BCUT2D eigenvalue weighted by Crippen LogP contribution is 2.36. The van der Waals surface area contributed by atoms with Crippen molar-refractivity contribution in [2.45, 2.75) is 19.3 Å². The summed E-state index contributed by atoms with van der Waals surface area (Å²) in [5.41, 5.74) is 4.47. The predicted octanol–water partition coefficient (Wildman–Crippen LogP) is 6.20. The zero-order chi connectivity index (χ0) is 24.7. The Kier molecular flexibility index (Phi) is 5.72. The lowest BCUT2D eigenvalue weighted by Crippen LogP contribution is -2.11. The summed E-state index contributed by atoms with van der Waals surface area (Å²) in [6.45, 7) is 1.23. The summed E-state index contributed by atoms with van der Waals surface area (Å²) in [4.78, 5) is 16.0. The molecule has 4 aromatic rings. The molecule has 0 spiro atoms. The van der Waals surface area contributed by atoms with Gasteiger partial charge in [-0.1, -0.05) is 6.07 Å². The molecule has 0 bridgehead atoms. The van der Waals surface area contributed by atoms with Crippen LogP contribution in [0.3, 0.4) is 0 Å². The zero-order valence-corrected chi connectivity index (χ0v) is 17.4. The van der Waals surface area contributed by atoms with Gasteiger partial charge in [0.1, 0.15) is 11.5 Å². The molecule has 11 heteroatoms. The van der Waals surface area contributed by atoms with Crippen molar-refractivity contribution in [2.24, 2.45) is 0 Å². The van der Waals surface area contributed by atoms with Crippen LogP contribution in [-0.4, -0.2) is 19.9 Å². The number of pyridine rings is 2. The minimum absolute atomic E-state index is 0.0941. The zero-order valence-electron chi connectivity index (χ0n) is 17.4. The lowest BCUT2D eigenvalue weighted by atomic mass is 10.0. The topological polar surface area (TPSA) is 77.6 Å². The maximum Gasteiger partial charge on any atom is 0.433 e. The molecule has 0 amide bonds. The van der Waals surface area contributed by atoms with Gasteiger partial charge in [0.05, 0.1) is 17.0 Å². The van der Waals surface area contributed by atoms with Gasteiger partial charge in [-0.15, -0.1) is 0 Å². The fraction of sp³-hybridized carbons (Fsp3) is 0.130. The Balaban J connectivity index is 1.84. The Bertz CT molecular complexity index is 1350. The van der Waals surface area contributed by atoms with Crippen LogP contribution in [-0.2, 0) is 12.4 Å². The Labute approximate surface area is 189 Å². The number of rotatable bonds is 3. The summed E-state index contributed by atoms with van der Waals surface area (Å²) in [5, 5.41) is 0. The summed E-state index contributed by atoms with van der Waals surface area (Å²) in [6.07, 6.45) is -6.54. The van der Waals surface area contributed by atoms with Gasteiger partial charge >= 0.3 is 12.4 Å². The number of hydrogen-bond donors (Lipinski definition) is 1. The quantitative estimate of drug-likeness (QED) is 0.357. The molecule has 0 saturated heterocycles. The summed E-state index contributed by atoms with van der Waals surface area (Å²) >= 11 is 0. The SMILES string of the molecule is Cc1cc(-c2cc(C(F)(F)F)nc(-c3ccnc(-c4ccc(N)nc4)c3)n2)ccc1C(F)(F)F. The van der Waals surface area contributed by atoms with Crippen molar-refractivity contribution in [1.82, 2.24) is 19.9 Å². The molecule has 2 N–H and O–H groups in total. The van der Waals surface area contributed by atoms with Crippen molar-refractivity contribution in [3.8, 4) is 33.9 Å². The smallest absolute Gasteiger partial charge is 0.384 e. The molecule has 0 radical (unpaired) electrons. The molecular weight excluding hydrogens is 460 g/mol. The van der Waals surface area contributed by atoms with E-state index in [0.717, 1.165) is 18.2 Å². The number of alkyl halides is 6. The van der Waals surface area contributed by atoms with E-state index in [-0.39, 0.29) is 34.0 Å². The van der Waals surface area contributed by atoms with E-state index in [9.17, 15) is 26.3 Å². The maximum absolute atomic E-state index is 13.6. The van der Waals surface area contributed by atoms with E-state index in [2.05, 4.69) is 19.9 Å². The highest BCUT2D eigenvalue weighted by Gasteiger charge is 2.35. The largest absolute Gasteiger partial charge is 0.433 e. The molecule has 0 aliphatic heterocycles. The molecule has 0 fully saturated rings. The molecule has 0 aliphatic carbocycles. The number of nitrogens with zero attached hydrogens (tertiary/aromatic N) is 4. The third-order valence-electron chi connectivity index (χ3n) is 4.94. The van der Waals surface area contributed by atoms with Gasteiger partial charge in [0.2, 0.25) is 0 Å². The molecule has 174 valence electrons. The van der Waals surface area contributed by atoms with Crippen molar-refractivity contribution < 1.29 is 26.3 Å². The minimum atomic E-state index is -4.80. The van der Waals surface area contributed by atoms with Crippen LogP contribution < -0.4 is 5.73 Å². The van der Waals surface area contributed by atoms with Crippen molar-refractivity contribution >= 4 is 5.82 Å². The number of benzene rings is 1. The van der Waals surface area contributed by atoms with Crippen LogP contribution in [0.1, 0.15) is 16.8 Å². The van der Waals surface area contributed by atoms with E-state index in [1.165, 1.54) is 31.5 Å². The normalized spacial score (nSPS) is 12.1. The Morgan fingerprint density at radius 3 is 2.06 bits per heavy atom. The van der Waals surface area contributed by atoms with Crippen molar-refractivity contribution in [1.29, 1.82) is 0 Å². The molecule has 3 heterocycles. The second kappa shape index (κ2) is 8.40. The summed E-state index contributed by atoms with van der Waals surface area (Å²) in [5.74, 6) is 0.0343. The molecule has 0 saturated carbocycles. The van der Waals surface area contributed by atoms with Crippen LogP contribution in [0.5, 0.6) is 0 Å². The molecule has 0 unspecified atom stereocenters. The summed E-state index contributed by atoms with van der Waals surface area (Å²) in [6, 6.07) is 9.88. The van der Waals surface area contributed by atoms with Crippen molar-refractivity contribution in [2.75, 3.05) is 5.73 Å². The van der Waals surface area contributed by atoms with Gasteiger partial charge in [-0.2, -0.15) is 26.3 Å². The minimum Gasteiger partial charge on any atom is -0.384 e. The lowest BCUT2D eigenvalue weighted by Gasteiger charge is -2.14. The number of aromatic nitrogens is 4. The molecule has 5 nitrogen and oxygen atoms in total. The molecule has 4 rings (SSSR count). The van der Waals surface area contributed by atoms with Crippen LogP contribution >= 0.6 is 0 Å². The van der Waals surface area contributed by atoms with Crippen molar-refractivity contribution in [3.63, 3.8) is 0 Å². The first-order chi connectivity index (χ1) is 15.9. The van der Waals surface area contributed by atoms with E-state index >= 15 is 0 Å². The second-order valence-electron chi connectivity index (χ2n) is 7.39. The molecular formula is C23H15F6N5. The number of hydrogen-bond acceptors (Lipinski definition) is 5. The number of halogens is 6. The van der Waals surface area contributed by atoms with Gasteiger partial charge in [-0.3, -0.25) is 4.98 Å². The molecule has 1 aromatic carbocycles. The number of nitrogen functional groups attached to an aromatic ring is 1. The van der Waals surface area contributed by atoms with Crippen LogP contribution in [0, 0.1) is 6.92 Å². The van der Waals surface area contributed by atoms with E-state index in [1.54, 1.807) is 12.1 Å². The highest BCUT2D eigenvalue weighted by atomic mass is 19.4. The van der Waals surface area contributed by atoms with Gasteiger partial charge in [-0.05, 0) is 55.0 Å². The third kappa shape index (κ3) is 4.82. The highest BCUT2D eigenvalue weighted by molar-refractivity contribution is 5.69. The molecule has 3 aromatic heterocycles. The summed E-state index contributed by atoms with van der Waals surface area (Å²) < 4.78 is 80.1. The monoisotopic (exact) mass is 475 g/mol. The molecule has 0 atom stereocenters. The lowest BCUT2D eigenvalue weighted by molar-refractivity contribution is -0.141. The number of nitrogens with two attached hydrogens (primary N) is 1.